The first-order valence-electron chi connectivity index (χ1n) is 7.07. The molecule has 0 bridgehead atoms. The van der Waals surface area contributed by atoms with Gasteiger partial charge in [0.25, 0.3) is 0 Å². The number of carboxylic acids is 1. The topological polar surface area (TPSA) is 68.7 Å². The fourth-order valence-electron chi connectivity index (χ4n) is 2.52. The van der Waals surface area contributed by atoms with Crippen molar-refractivity contribution in [1.29, 1.82) is 0 Å². The molecule has 0 aliphatic carbocycles. The summed E-state index contributed by atoms with van der Waals surface area (Å²) in [6.45, 7) is 2.21. The smallest absolute Gasteiger partial charge is 0.336 e. The lowest BCUT2D eigenvalue weighted by atomic mass is 10.0. The zero-order valence-electron chi connectivity index (χ0n) is 11.6. The molecule has 0 atom stereocenters. The number of carbonyl (C=O) groups is 1. The summed E-state index contributed by atoms with van der Waals surface area (Å²) >= 11 is 0. The van der Waals surface area contributed by atoms with E-state index in [0.29, 0.717) is 29.3 Å². The largest absolute Gasteiger partial charge is 0.478 e. The molecule has 1 aliphatic heterocycles. The van der Waals surface area contributed by atoms with Crippen molar-refractivity contribution in [3.8, 4) is 5.88 Å². The van der Waals surface area contributed by atoms with Crippen LogP contribution in [0.3, 0.4) is 0 Å². The van der Waals surface area contributed by atoms with Gasteiger partial charge in [-0.3, -0.25) is 0 Å². The number of hydrogen-bond acceptors (Lipinski definition) is 4. The van der Waals surface area contributed by atoms with Crippen molar-refractivity contribution in [2.75, 3.05) is 19.8 Å². The highest BCUT2D eigenvalue weighted by molar-refractivity contribution is 6.02. The van der Waals surface area contributed by atoms with Crippen LogP contribution in [0.5, 0.6) is 5.88 Å². The second-order valence-corrected chi connectivity index (χ2v) is 5.19. The summed E-state index contributed by atoms with van der Waals surface area (Å²) in [5.41, 5.74) is 0.898. The molecule has 5 heteroatoms. The molecule has 2 aromatic rings. The fourth-order valence-corrected chi connectivity index (χ4v) is 2.52. The van der Waals surface area contributed by atoms with Gasteiger partial charge >= 0.3 is 5.97 Å². The molecule has 0 amide bonds. The van der Waals surface area contributed by atoms with Gasteiger partial charge < -0.3 is 14.6 Å². The molecule has 21 heavy (non-hydrogen) atoms. The maximum Gasteiger partial charge on any atom is 0.336 e. The Morgan fingerprint density at radius 2 is 2.10 bits per heavy atom. The summed E-state index contributed by atoms with van der Waals surface area (Å²) in [7, 11) is 0. The predicted molar refractivity (Wildman–Crippen MR) is 77.7 cm³/mol. The van der Waals surface area contributed by atoms with Gasteiger partial charge in [-0.15, -0.1) is 0 Å². The number of nitrogens with zero attached hydrogens (tertiary/aromatic N) is 1. The van der Waals surface area contributed by atoms with Crippen molar-refractivity contribution < 1.29 is 19.4 Å². The van der Waals surface area contributed by atoms with Crippen molar-refractivity contribution in [2.45, 2.75) is 12.8 Å². The summed E-state index contributed by atoms with van der Waals surface area (Å²) in [5, 5.41) is 9.78. The number of benzene rings is 1. The molecule has 1 saturated heterocycles. The van der Waals surface area contributed by atoms with Crippen molar-refractivity contribution in [3.05, 3.63) is 35.9 Å². The quantitative estimate of drug-likeness (QED) is 0.936. The summed E-state index contributed by atoms with van der Waals surface area (Å²) in [5.74, 6) is 0.0939. The maximum atomic E-state index is 11.2. The van der Waals surface area contributed by atoms with E-state index in [1.54, 1.807) is 30.3 Å². The normalized spacial score (nSPS) is 16.0. The van der Waals surface area contributed by atoms with E-state index >= 15 is 0 Å². The molecule has 0 radical (unpaired) electrons. The summed E-state index contributed by atoms with van der Waals surface area (Å²) in [6.07, 6.45) is 2.02. The van der Waals surface area contributed by atoms with Crippen molar-refractivity contribution in [2.24, 2.45) is 5.92 Å². The number of ether oxygens (including phenoxy) is 2. The van der Waals surface area contributed by atoms with Gasteiger partial charge in [0.2, 0.25) is 5.88 Å². The lowest BCUT2D eigenvalue weighted by molar-refractivity contribution is 0.0491. The maximum absolute atomic E-state index is 11.2. The molecule has 1 aliphatic rings. The molecule has 0 saturated carbocycles. The molecular weight excluding hydrogens is 270 g/mol. The van der Waals surface area contributed by atoms with Crippen molar-refractivity contribution in [3.63, 3.8) is 0 Å². The van der Waals surface area contributed by atoms with Gasteiger partial charge in [0.15, 0.2) is 0 Å². The molecule has 1 aromatic carbocycles. The van der Waals surface area contributed by atoms with Gasteiger partial charge in [0.1, 0.15) is 0 Å². The molecule has 1 N–H and O–H groups in total. The van der Waals surface area contributed by atoms with Gasteiger partial charge in [-0.2, -0.15) is 0 Å². The van der Waals surface area contributed by atoms with Crippen molar-refractivity contribution >= 4 is 16.9 Å². The molecule has 1 aromatic heterocycles. The summed E-state index contributed by atoms with van der Waals surface area (Å²) in [6, 6.07) is 8.55. The molecule has 5 nitrogen and oxygen atoms in total. The van der Waals surface area contributed by atoms with E-state index in [4.69, 9.17) is 14.6 Å². The second kappa shape index (κ2) is 6.10. The highest BCUT2D eigenvalue weighted by Gasteiger charge is 2.15. The van der Waals surface area contributed by atoms with E-state index < -0.39 is 5.97 Å². The first-order chi connectivity index (χ1) is 10.2. The number of fused-ring (bicyclic) bond motifs is 1. The molecule has 1 fully saturated rings. The number of aromatic carboxylic acids is 1. The summed E-state index contributed by atoms with van der Waals surface area (Å²) < 4.78 is 11.1. The zero-order chi connectivity index (χ0) is 14.7. The predicted octanol–water partition coefficient (Wildman–Crippen LogP) is 2.74. The Hall–Kier alpha value is -2.14. The third-order valence-electron chi connectivity index (χ3n) is 3.74. The monoisotopic (exact) mass is 287 g/mol. The van der Waals surface area contributed by atoms with Crippen molar-refractivity contribution in [1.82, 2.24) is 4.98 Å². The van der Waals surface area contributed by atoms with Crippen LogP contribution in [0, 0.1) is 5.92 Å². The van der Waals surface area contributed by atoms with Crippen LogP contribution in [0.15, 0.2) is 30.3 Å². The van der Waals surface area contributed by atoms with Gasteiger partial charge in [0, 0.05) is 24.7 Å². The van der Waals surface area contributed by atoms with Crippen LogP contribution in [-0.2, 0) is 4.74 Å². The van der Waals surface area contributed by atoms with E-state index in [2.05, 4.69) is 4.98 Å². The van der Waals surface area contributed by atoms with E-state index in [0.717, 1.165) is 26.1 Å². The molecule has 0 unspecified atom stereocenters. The third-order valence-corrected chi connectivity index (χ3v) is 3.74. The lowest BCUT2D eigenvalue weighted by Crippen LogP contribution is -2.21. The van der Waals surface area contributed by atoms with E-state index in [1.165, 1.54) is 0 Å². The Morgan fingerprint density at radius 3 is 2.86 bits per heavy atom. The van der Waals surface area contributed by atoms with Gasteiger partial charge in [-0.25, -0.2) is 9.78 Å². The second-order valence-electron chi connectivity index (χ2n) is 5.19. The first-order valence-corrected chi connectivity index (χ1v) is 7.07. The van der Waals surface area contributed by atoms with E-state index in [1.807, 2.05) is 0 Å². The highest BCUT2D eigenvalue weighted by Crippen LogP contribution is 2.22. The first kappa shape index (κ1) is 13.8. The van der Waals surface area contributed by atoms with Crippen LogP contribution in [0.4, 0.5) is 0 Å². The molecule has 0 spiro atoms. The van der Waals surface area contributed by atoms with Gasteiger partial charge in [0.05, 0.1) is 17.7 Å². The average Bonchev–Trinajstić information content (AvgIpc) is 2.53. The zero-order valence-corrected chi connectivity index (χ0v) is 11.6. The van der Waals surface area contributed by atoms with Crippen LogP contribution in [-0.4, -0.2) is 35.9 Å². The van der Waals surface area contributed by atoms with Gasteiger partial charge in [-0.1, -0.05) is 6.07 Å². The third kappa shape index (κ3) is 3.13. The Kier molecular flexibility index (Phi) is 4.01. The lowest BCUT2D eigenvalue weighted by Gasteiger charge is -2.21. The summed E-state index contributed by atoms with van der Waals surface area (Å²) in [4.78, 5) is 15.5. The number of hydrogen-bond donors (Lipinski definition) is 1. The number of aromatic nitrogens is 1. The number of pyridine rings is 1. The Balaban J connectivity index is 1.76. The van der Waals surface area contributed by atoms with Crippen LogP contribution in [0.1, 0.15) is 23.2 Å². The van der Waals surface area contributed by atoms with Crippen LogP contribution in [0.2, 0.25) is 0 Å². The number of rotatable bonds is 4. The average molecular weight is 287 g/mol. The Bertz CT molecular complexity index is 650. The molecular formula is C16H17NO4. The molecule has 3 rings (SSSR count). The highest BCUT2D eigenvalue weighted by atomic mass is 16.5. The van der Waals surface area contributed by atoms with Crippen LogP contribution < -0.4 is 4.74 Å². The van der Waals surface area contributed by atoms with Gasteiger partial charge in [-0.05, 0) is 37.0 Å². The Labute approximate surface area is 122 Å². The van der Waals surface area contributed by atoms with Crippen LogP contribution in [0.25, 0.3) is 10.9 Å². The molecule has 110 valence electrons. The Morgan fingerprint density at radius 1 is 1.29 bits per heavy atom. The fraction of sp³-hybridized carbons (Fsp3) is 0.375. The minimum Gasteiger partial charge on any atom is -0.478 e. The SMILES string of the molecule is O=C(O)c1cccc2nc(OCC3CCOCC3)ccc12. The van der Waals surface area contributed by atoms with Crippen LogP contribution >= 0.6 is 0 Å². The minimum absolute atomic E-state index is 0.260. The van der Waals surface area contributed by atoms with E-state index in [-0.39, 0.29) is 5.56 Å². The van der Waals surface area contributed by atoms with E-state index in [9.17, 15) is 4.79 Å². The number of carboxylic acid groups (broad SMARTS) is 1. The minimum atomic E-state index is -0.946. The standard InChI is InChI=1S/C16H17NO4/c18-16(19)13-2-1-3-14-12(13)4-5-15(17-14)21-10-11-6-8-20-9-7-11/h1-5,11H,6-10H2,(H,18,19). The molecule has 2 heterocycles.